The van der Waals surface area contributed by atoms with Crippen LogP contribution in [0.15, 0.2) is 28.7 Å². The van der Waals surface area contributed by atoms with Crippen molar-refractivity contribution in [2.45, 2.75) is 0 Å². The third-order valence-electron chi connectivity index (χ3n) is 2.95. The normalized spacial score (nSPS) is 10.2. The van der Waals surface area contributed by atoms with E-state index in [0.717, 1.165) is 0 Å². The number of esters is 2. The van der Waals surface area contributed by atoms with E-state index in [1.165, 1.54) is 21.3 Å². The van der Waals surface area contributed by atoms with Crippen molar-refractivity contribution < 1.29 is 28.2 Å². The van der Waals surface area contributed by atoms with Crippen molar-refractivity contribution in [1.82, 2.24) is 0 Å². The highest BCUT2D eigenvalue weighted by atomic mass is 35.5. The lowest BCUT2D eigenvalue weighted by Crippen LogP contribution is -2.11. The predicted octanol–water partition coefficient (Wildman–Crippen LogP) is 3.18. The Balaban J connectivity index is 2.72. The fraction of sp³-hybridized carbons (Fsp3) is 0.200. The highest BCUT2D eigenvalue weighted by molar-refractivity contribution is 6.30. The maximum Gasteiger partial charge on any atom is 0.346 e. The molecular formula is C15H13ClO6. The zero-order chi connectivity index (χ0) is 16.3. The maximum absolute atomic E-state index is 12.1. The van der Waals surface area contributed by atoms with Gasteiger partial charge in [0.2, 0.25) is 0 Å². The van der Waals surface area contributed by atoms with Crippen molar-refractivity contribution in [3.63, 3.8) is 0 Å². The molecule has 0 radical (unpaired) electrons. The number of halogens is 1. The molecule has 0 amide bonds. The second-order valence-corrected chi connectivity index (χ2v) is 4.60. The maximum atomic E-state index is 12.1. The fourth-order valence-electron chi connectivity index (χ4n) is 1.94. The van der Waals surface area contributed by atoms with Gasteiger partial charge >= 0.3 is 17.9 Å². The van der Waals surface area contributed by atoms with Crippen molar-refractivity contribution in [1.29, 1.82) is 0 Å². The number of benzene rings is 1. The Labute approximate surface area is 131 Å². The van der Waals surface area contributed by atoms with Crippen LogP contribution in [0.5, 0.6) is 5.95 Å². The molecule has 0 atom stereocenters. The Morgan fingerprint density at radius 1 is 0.955 bits per heavy atom. The minimum absolute atomic E-state index is 0.0616. The van der Waals surface area contributed by atoms with Crippen molar-refractivity contribution in [2.75, 3.05) is 21.3 Å². The lowest BCUT2D eigenvalue weighted by molar-refractivity contribution is 0.0554. The van der Waals surface area contributed by atoms with Gasteiger partial charge in [0.05, 0.1) is 21.3 Å². The number of ether oxygens (including phenoxy) is 3. The summed E-state index contributed by atoms with van der Waals surface area (Å²) < 4.78 is 19.9. The van der Waals surface area contributed by atoms with Gasteiger partial charge in [-0.05, 0) is 24.3 Å². The van der Waals surface area contributed by atoms with Gasteiger partial charge in [-0.2, -0.15) is 0 Å². The topological polar surface area (TPSA) is 75.0 Å². The molecule has 0 fully saturated rings. The van der Waals surface area contributed by atoms with E-state index >= 15 is 0 Å². The van der Waals surface area contributed by atoms with Crippen LogP contribution in [0.1, 0.15) is 20.7 Å². The predicted molar refractivity (Wildman–Crippen MR) is 78.4 cm³/mol. The van der Waals surface area contributed by atoms with Crippen LogP contribution in [0.4, 0.5) is 0 Å². The molecule has 2 aromatic rings. The Morgan fingerprint density at radius 2 is 1.50 bits per heavy atom. The van der Waals surface area contributed by atoms with Crippen LogP contribution in [0.2, 0.25) is 5.02 Å². The number of carbonyl (C=O) groups is 2. The second-order valence-electron chi connectivity index (χ2n) is 4.16. The van der Waals surface area contributed by atoms with Crippen molar-refractivity contribution in [2.24, 2.45) is 0 Å². The summed E-state index contributed by atoms with van der Waals surface area (Å²) in [4.78, 5) is 24.0. The van der Waals surface area contributed by atoms with E-state index in [2.05, 4.69) is 4.74 Å². The molecule has 1 aromatic heterocycles. The summed E-state index contributed by atoms with van der Waals surface area (Å²) in [6.07, 6.45) is 0. The molecule has 1 aromatic carbocycles. The molecule has 2 rings (SSSR count). The molecule has 0 unspecified atom stereocenters. The highest BCUT2D eigenvalue weighted by Crippen LogP contribution is 2.37. The highest BCUT2D eigenvalue weighted by Gasteiger charge is 2.33. The summed E-state index contributed by atoms with van der Waals surface area (Å²) in [6, 6.07) is 6.55. The Kier molecular flexibility index (Phi) is 4.72. The number of methoxy groups -OCH3 is 3. The first kappa shape index (κ1) is 15.9. The summed E-state index contributed by atoms with van der Waals surface area (Å²) in [5, 5.41) is 0.523. The second kappa shape index (κ2) is 6.53. The molecule has 116 valence electrons. The average molecular weight is 325 g/mol. The summed E-state index contributed by atoms with van der Waals surface area (Å²) in [5.41, 5.74) is 0.355. The van der Waals surface area contributed by atoms with Crippen LogP contribution in [0, 0.1) is 0 Å². The number of rotatable bonds is 4. The van der Waals surface area contributed by atoms with E-state index in [4.69, 9.17) is 25.5 Å². The van der Waals surface area contributed by atoms with E-state index in [-0.39, 0.29) is 22.8 Å². The molecular weight excluding hydrogens is 312 g/mol. The minimum Gasteiger partial charge on any atom is -0.468 e. The molecule has 6 nitrogen and oxygen atoms in total. The van der Waals surface area contributed by atoms with Gasteiger partial charge in [-0.3, -0.25) is 0 Å². The molecule has 0 aliphatic heterocycles. The smallest absolute Gasteiger partial charge is 0.346 e. The van der Waals surface area contributed by atoms with E-state index in [1.807, 2.05) is 0 Å². The van der Waals surface area contributed by atoms with Gasteiger partial charge in [-0.25, -0.2) is 9.59 Å². The van der Waals surface area contributed by atoms with Crippen molar-refractivity contribution in [3.05, 3.63) is 40.4 Å². The first-order valence-electron chi connectivity index (χ1n) is 6.16. The standard InChI is InChI=1S/C15H13ClO6/c1-19-13(17)10-11(14(18)20-2)15(21-3)22-12(10)8-4-6-9(16)7-5-8/h4-7H,1-3H3. The Hall–Kier alpha value is -2.47. The lowest BCUT2D eigenvalue weighted by atomic mass is 10.1. The quantitative estimate of drug-likeness (QED) is 0.804. The van der Waals surface area contributed by atoms with Crippen LogP contribution in [-0.2, 0) is 9.47 Å². The monoisotopic (exact) mass is 324 g/mol. The van der Waals surface area contributed by atoms with Crippen LogP contribution in [0.25, 0.3) is 11.3 Å². The van der Waals surface area contributed by atoms with Gasteiger partial charge in [-0.1, -0.05) is 11.6 Å². The molecule has 0 saturated carbocycles. The van der Waals surface area contributed by atoms with E-state index in [1.54, 1.807) is 24.3 Å². The van der Waals surface area contributed by atoms with Gasteiger partial charge < -0.3 is 18.6 Å². The molecule has 0 N–H and O–H groups in total. The molecule has 0 spiro atoms. The molecule has 0 aliphatic carbocycles. The Morgan fingerprint density at radius 3 is 2.00 bits per heavy atom. The number of hydrogen-bond donors (Lipinski definition) is 0. The molecule has 22 heavy (non-hydrogen) atoms. The molecule has 0 bridgehead atoms. The minimum atomic E-state index is -0.763. The molecule has 1 heterocycles. The Bertz CT molecular complexity index is 702. The zero-order valence-electron chi connectivity index (χ0n) is 12.1. The van der Waals surface area contributed by atoms with Crippen LogP contribution >= 0.6 is 11.6 Å². The van der Waals surface area contributed by atoms with Crippen molar-refractivity contribution >= 4 is 23.5 Å². The third-order valence-corrected chi connectivity index (χ3v) is 3.20. The van der Waals surface area contributed by atoms with Gasteiger partial charge in [0.25, 0.3) is 0 Å². The first-order valence-corrected chi connectivity index (χ1v) is 6.54. The van der Waals surface area contributed by atoms with Gasteiger partial charge in [0.15, 0.2) is 11.3 Å². The fourth-order valence-corrected chi connectivity index (χ4v) is 2.07. The third kappa shape index (κ3) is 2.78. The number of carbonyl (C=O) groups excluding carboxylic acids is 2. The van der Waals surface area contributed by atoms with Gasteiger partial charge in [-0.15, -0.1) is 0 Å². The van der Waals surface area contributed by atoms with Crippen LogP contribution in [0.3, 0.4) is 0 Å². The van der Waals surface area contributed by atoms with E-state index in [9.17, 15) is 9.59 Å². The zero-order valence-corrected chi connectivity index (χ0v) is 12.9. The SMILES string of the molecule is COC(=O)c1c(OC)oc(-c2ccc(Cl)cc2)c1C(=O)OC. The van der Waals surface area contributed by atoms with Crippen molar-refractivity contribution in [3.8, 4) is 17.3 Å². The van der Waals surface area contributed by atoms with Gasteiger partial charge in [0.1, 0.15) is 5.56 Å². The first-order chi connectivity index (χ1) is 10.5. The summed E-state index contributed by atoms with van der Waals surface area (Å²) >= 11 is 5.84. The average Bonchev–Trinajstić information content (AvgIpc) is 2.93. The number of furan rings is 1. The van der Waals surface area contributed by atoms with E-state index in [0.29, 0.717) is 10.6 Å². The summed E-state index contributed by atoms with van der Waals surface area (Å²) in [7, 11) is 3.71. The van der Waals surface area contributed by atoms with Crippen LogP contribution < -0.4 is 4.74 Å². The molecule has 0 saturated heterocycles. The van der Waals surface area contributed by atoms with Gasteiger partial charge in [0, 0.05) is 10.6 Å². The molecule has 7 heteroatoms. The number of hydrogen-bond acceptors (Lipinski definition) is 6. The van der Waals surface area contributed by atoms with E-state index < -0.39 is 11.9 Å². The summed E-state index contributed by atoms with van der Waals surface area (Å²) in [5.74, 6) is -1.49. The lowest BCUT2D eigenvalue weighted by Gasteiger charge is -2.03. The summed E-state index contributed by atoms with van der Waals surface area (Å²) in [6.45, 7) is 0. The van der Waals surface area contributed by atoms with Crippen LogP contribution in [-0.4, -0.2) is 33.3 Å². The largest absolute Gasteiger partial charge is 0.468 e. The molecule has 0 aliphatic rings.